The van der Waals surface area contributed by atoms with Gasteiger partial charge in [-0.15, -0.1) is 0 Å². The number of urea groups is 1. The van der Waals surface area contributed by atoms with Crippen molar-refractivity contribution in [2.24, 2.45) is 7.05 Å². The van der Waals surface area contributed by atoms with Gasteiger partial charge in [-0.05, 0) is 30.5 Å². The van der Waals surface area contributed by atoms with Crippen LogP contribution in [0.15, 0.2) is 24.3 Å². The lowest BCUT2D eigenvalue weighted by Gasteiger charge is -2.07. The molecular weight excluding hydrogens is 295 g/mol. The molecule has 0 aliphatic heterocycles. The first-order chi connectivity index (χ1) is 9.95. The summed E-state index contributed by atoms with van der Waals surface area (Å²) in [6.45, 7) is 2.39. The molecule has 7 heteroatoms. The van der Waals surface area contributed by atoms with E-state index >= 15 is 0 Å². The molecule has 2 aromatic rings. The Hall–Kier alpha value is -2.08. The summed E-state index contributed by atoms with van der Waals surface area (Å²) in [5.74, 6) is -0.336. The average molecular weight is 311 g/mol. The minimum absolute atomic E-state index is 0.176. The van der Waals surface area contributed by atoms with Gasteiger partial charge in [-0.3, -0.25) is 5.32 Å². The van der Waals surface area contributed by atoms with Gasteiger partial charge in [-0.1, -0.05) is 23.7 Å². The highest BCUT2D eigenvalue weighted by atomic mass is 35.5. The summed E-state index contributed by atoms with van der Waals surface area (Å²) in [5.41, 5.74) is 2.09. The number of halogens is 2. The highest BCUT2D eigenvalue weighted by Crippen LogP contribution is 2.16. The van der Waals surface area contributed by atoms with E-state index in [1.54, 1.807) is 0 Å². The van der Waals surface area contributed by atoms with Crippen molar-refractivity contribution < 1.29 is 9.18 Å². The van der Waals surface area contributed by atoms with E-state index in [1.165, 1.54) is 7.05 Å². The summed E-state index contributed by atoms with van der Waals surface area (Å²) in [7, 11) is 1.46. The van der Waals surface area contributed by atoms with Crippen LogP contribution >= 0.6 is 11.6 Å². The zero-order valence-electron chi connectivity index (χ0n) is 11.8. The molecule has 0 radical (unpaired) electrons. The van der Waals surface area contributed by atoms with Crippen LogP contribution in [0.1, 0.15) is 11.1 Å². The first-order valence-corrected chi connectivity index (χ1v) is 6.83. The molecule has 21 heavy (non-hydrogen) atoms. The number of amides is 2. The number of aromatic nitrogens is 2. The van der Waals surface area contributed by atoms with Crippen molar-refractivity contribution in [1.29, 1.82) is 0 Å². The molecule has 2 amide bonds. The van der Waals surface area contributed by atoms with Gasteiger partial charge in [-0.25, -0.2) is 9.48 Å². The van der Waals surface area contributed by atoms with E-state index in [1.807, 2.05) is 25.1 Å². The molecule has 0 aliphatic rings. The van der Waals surface area contributed by atoms with E-state index in [4.69, 9.17) is 11.6 Å². The maximum atomic E-state index is 13.1. The summed E-state index contributed by atoms with van der Waals surface area (Å²) < 4.78 is 14.1. The maximum Gasteiger partial charge on any atom is 0.320 e. The van der Waals surface area contributed by atoms with Crippen LogP contribution in [-0.2, 0) is 13.5 Å². The summed E-state index contributed by atoms with van der Waals surface area (Å²) in [6, 6.07) is 6.48. The number of carbonyl (C=O) groups is 1. The topological polar surface area (TPSA) is 59.0 Å². The summed E-state index contributed by atoms with van der Waals surface area (Å²) in [5, 5.41) is 9.67. The Kier molecular flexibility index (Phi) is 4.80. The van der Waals surface area contributed by atoms with Gasteiger partial charge in [0.05, 0.1) is 0 Å². The number of hydrogen-bond acceptors (Lipinski definition) is 2. The standard InChI is InChI=1S/C14H16ClFN4O/c1-9-7-10(3-4-11(9)15)5-6-17-14(21)18-13-8-12(16)20(2)19-13/h3-4,7-8H,5-6H2,1-2H3,(H2,17,18,19,21). The molecule has 0 aliphatic carbocycles. The lowest BCUT2D eigenvalue weighted by Crippen LogP contribution is -2.30. The number of aryl methyl sites for hydroxylation is 2. The largest absolute Gasteiger partial charge is 0.337 e. The fourth-order valence-corrected chi connectivity index (χ4v) is 1.97. The molecule has 0 unspecified atom stereocenters. The van der Waals surface area contributed by atoms with Crippen LogP contribution < -0.4 is 10.6 Å². The maximum absolute atomic E-state index is 13.1. The average Bonchev–Trinajstić information content (AvgIpc) is 2.72. The van der Waals surface area contributed by atoms with Crippen molar-refractivity contribution in [1.82, 2.24) is 15.1 Å². The Morgan fingerprint density at radius 2 is 2.19 bits per heavy atom. The van der Waals surface area contributed by atoms with Gasteiger partial charge in [0.1, 0.15) is 0 Å². The molecule has 2 rings (SSSR count). The lowest BCUT2D eigenvalue weighted by molar-refractivity contribution is 0.252. The molecule has 5 nitrogen and oxygen atoms in total. The Morgan fingerprint density at radius 3 is 2.81 bits per heavy atom. The van der Waals surface area contributed by atoms with Crippen LogP contribution in [0, 0.1) is 12.9 Å². The van der Waals surface area contributed by atoms with Gasteiger partial charge in [0.25, 0.3) is 0 Å². The van der Waals surface area contributed by atoms with Crippen molar-refractivity contribution in [3.63, 3.8) is 0 Å². The van der Waals surface area contributed by atoms with Crippen LogP contribution in [0.25, 0.3) is 0 Å². The van der Waals surface area contributed by atoms with E-state index in [9.17, 15) is 9.18 Å². The molecule has 0 fully saturated rings. The number of anilines is 1. The van der Waals surface area contributed by atoms with Crippen LogP contribution in [0.4, 0.5) is 15.0 Å². The lowest BCUT2D eigenvalue weighted by atomic mass is 10.1. The number of hydrogen-bond donors (Lipinski definition) is 2. The van der Waals surface area contributed by atoms with Crippen molar-refractivity contribution in [3.05, 3.63) is 46.4 Å². The van der Waals surface area contributed by atoms with Gasteiger partial charge in [0.2, 0.25) is 5.95 Å². The first kappa shape index (κ1) is 15.3. The fraction of sp³-hybridized carbons (Fsp3) is 0.286. The minimum atomic E-state index is -0.512. The molecule has 2 N–H and O–H groups in total. The molecule has 0 atom stereocenters. The third kappa shape index (κ3) is 4.19. The molecule has 112 valence electrons. The quantitative estimate of drug-likeness (QED) is 0.912. The van der Waals surface area contributed by atoms with Crippen LogP contribution in [0.5, 0.6) is 0 Å². The number of nitrogens with one attached hydrogen (secondary N) is 2. The Morgan fingerprint density at radius 1 is 1.43 bits per heavy atom. The molecule has 1 heterocycles. The van der Waals surface area contributed by atoms with E-state index < -0.39 is 12.0 Å². The van der Waals surface area contributed by atoms with Gasteiger partial charge in [-0.2, -0.15) is 9.49 Å². The van der Waals surface area contributed by atoms with E-state index in [-0.39, 0.29) is 5.82 Å². The molecule has 1 aromatic heterocycles. The fourth-order valence-electron chi connectivity index (χ4n) is 1.85. The van der Waals surface area contributed by atoms with Crippen LogP contribution in [-0.4, -0.2) is 22.4 Å². The number of rotatable bonds is 4. The van der Waals surface area contributed by atoms with Crippen LogP contribution in [0.3, 0.4) is 0 Å². The summed E-state index contributed by atoms with van der Waals surface area (Å²) >= 11 is 5.95. The predicted octanol–water partition coefficient (Wildman–Crippen LogP) is 2.89. The van der Waals surface area contributed by atoms with E-state index in [2.05, 4.69) is 15.7 Å². The summed E-state index contributed by atoms with van der Waals surface area (Å²) in [6.07, 6.45) is 0.683. The number of carbonyl (C=O) groups excluding carboxylic acids is 1. The third-order valence-corrected chi connectivity index (χ3v) is 3.41. The highest BCUT2D eigenvalue weighted by Gasteiger charge is 2.07. The number of nitrogens with zero attached hydrogens (tertiary/aromatic N) is 2. The van der Waals surface area contributed by atoms with Crippen molar-refractivity contribution in [2.45, 2.75) is 13.3 Å². The summed E-state index contributed by atoms with van der Waals surface area (Å²) in [4.78, 5) is 11.6. The zero-order chi connectivity index (χ0) is 15.4. The minimum Gasteiger partial charge on any atom is -0.337 e. The second-order valence-electron chi connectivity index (χ2n) is 4.69. The second kappa shape index (κ2) is 6.58. The van der Waals surface area contributed by atoms with Gasteiger partial charge in [0.15, 0.2) is 5.82 Å². The molecule has 0 saturated carbocycles. The SMILES string of the molecule is Cc1cc(CCNC(=O)Nc2cc(F)n(C)n2)ccc1Cl. The zero-order valence-corrected chi connectivity index (χ0v) is 12.5. The number of benzene rings is 1. The van der Waals surface area contributed by atoms with Crippen molar-refractivity contribution >= 4 is 23.4 Å². The highest BCUT2D eigenvalue weighted by molar-refractivity contribution is 6.31. The molecule has 0 bridgehead atoms. The Labute approximate surface area is 127 Å². The Balaban J connectivity index is 1.80. The predicted molar refractivity (Wildman–Crippen MR) is 80.1 cm³/mol. The first-order valence-electron chi connectivity index (χ1n) is 6.45. The molecule has 0 saturated heterocycles. The normalized spacial score (nSPS) is 10.5. The third-order valence-electron chi connectivity index (χ3n) is 2.99. The molecular formula is C14H16ClFN4O. The van der Waals surface area contributed by atoms with Crippen LogP contribution in [0.2, 0.25) is 5.02 Å². The molecule has 0 spiro atoms. The Bertz CT molecular complexity index is 637. The second-order valence-corrected chi connectivity index (χ2v) is 5.10. The van der Waals surface area contributed by atoms with Crippen molar-refractivity contribution in [2.75, 3.05) is 11.9 Å². The van der Waals surface area contributed by atoms with E-state index in [0.29, 0.717) is 13.0 Å². The molecule has 1 aromatic carbocycles. The van der Waals surface area contributed by atoms with Gasteiger partial charge >= 0.3 is 6.03 Å². The van der Waals surface area contributed by atoms with Gasteiger partial charge < -0.3 is 5.32 Å². The monoisotopic (exact) mass is 310 g/mol. The smallest absolute Gasteiger partial charge is 0.320 e. The van der Waals surface area contributed by atoms with Gasteiger partial charge in [0, 0.05) is 24.7 Å². The van der Waals surface area contributed by atoms with E-state index in [0.717, 1.165) is 26.9 Å². The van der Waals surface area contributed by atoms with Crippen molar-refractivity contribution in [3.8, 4) is 0 Å².